The Hall–Kier alpha value is -2.10. The van der Waals surface area contributed by atoms with Gasteiger partial charge in [-0.05, 0) is 30.7 Å². The average Bonchev–Trinajstić information content (AvgIpc) is 3.28. The van der Waals surface area contributed by atoms with Crippen LogP contribution in [0.3, 0.4) is 0 Å². The van der Waals surface area contributed by atoms with Crippen LogP contribution in [0.1, 0.15) is 36.7 Å². The van der Waals surface area contributed by atoms with Gasteiger partial charge in [0.1, 0.15) is 11.5 Å². The number of nitrogens with two attached hydrogens (primary N) is 1. The molecule has 4 nitrogen and oxygen atoms in total. The smallest absolute Gasteiger partial charge is 0.272 e. The number of fused-ring (bicyclic) bond motifs is 1. The predicted molar refractivity (Wildman–Crippen MR) is 80.5 cm³/mol. The number of carbonyl (C=O) groups is 1. The Morgan fingerprint density at radius 2 is 2.15 bits per heavy atom. The van der Waals surface area contributed by atoms with Crippen molar-refractivity contribution >= 4 is 22.5 Å². The summed E-state index contributed by atoms with van der Waals surface area (Å²) in [5.74, 6) is 0.436. The van der Waals surface area contributed by atoms with Crippen LogP contribution >= 0.6 is 0 Å². The summed E-state index contributed by atoms with van der Waals surface area (Å²) < 4.78 is 0. The molecule has 0 spiro atoms. The Morgan fingerprint density at radius 1 is 1.40 bits per heavy atom. The van der Waals surface area contributed by atoms with Gasteiger partial charge in [0.25, 0.3) is 5.91 Å². The largest absolute Gasteiger partial charge is 0.383 e. The normalized spacial score (nSPS) is 14.4. The fourth-order valence-corrected chi connectivity index (χ4v) is 2.56. The Morgan fingerprint density at radius 3 is 2.85 bits per heavy atom. The molecule has 104 valence electrons. The molecule has 0 radical (unpaired) electrons. The minimum absolute atomic E-state index is 0.00630. The van der Waals surface area contributed by atoms with Gasteiger partial charge in [-0.2, -0.15) is 0 Å². The number of aromatic nitrogens is 1. The highest BCUT2D eigenvalue weighted by atomic mass is 16.2. The fourth-order valence-electron chi connectivity index (χ4n) is 2.56. The van der Waals surface area contributed by atoms with Gasteiger partial charge < -0.3 is 10.6 Å². The summed E-state index contributed by atoms with van der Waals surface area (Å²) >= 11 is 0. The highest BCUT2D eigenvalue weighted by Crippen LogP contribution is 2.29. The second-order valence-electron chi connectivity index (χ2n) is 5.34. The lowest BCUT2D eigenvalue weighted by atomic mass is 10.1. The molecule has 1 aromatic heterocycles. The summed E-state index contributed by atoms with van der Waals surface area (Å²) in [7, 11) is 0. The first kappa shape index (κ1) is 12.9. The molecule has 0 saturated heterocycles. The number of pyridine rings is 1. The van der Waals surface area contributed by atoms with Gasteiger partial charge in [-0.1, -0.05) is 31.2 Å². The lowest BCUT2D eigenvalue weighted by Crippen LogP contribution is -2.34. The molecule has 1 fully saturated rings. The molecular weight excluding hydrogens is 250 g/mol. The van der Waals surface area contributed by atoms with Crippen LogP contribution in [0, 0.1) is 0 Å². The quantitative estimate of drug-likeness (QED) is 0.928. The van der Waals surface area contributed by atoms with Crippen molar-refractivity contribution in [1.29, 1.82) is 0 Å². The maximum absolute atomic E-state index is 12.6. The van der Waals surface area contributed by atoms with E-state index in [9.17, 15) is 4.79 Å². The Bertz CT molecular complexity index is 649. The van der Waals surface area contributed by atoms with Crippen molar-refractivity contribution in [2.75, 3.05) is 12.3 Å². The Balaban J connectivity index is 1.98. The first-order valence-electron chi connectivity index (χ1n) is 7.17. The third-order valence-electron chi connectivity index (χ3n) is 3.70. The monoisotopic (exact) mass is 269 g/mol. The van der Waals surface area contributed by atoms with Crippen molar-refractivity contribution in [2.24, 2.45) is 0 Å². The van der Waals surface area contributed by atoms with Crippen LogP contribution < -0.4 is 5.73 Å². The molecule has 0 unspecified atom stereocenters. The number of rotatable bonds is 4. The standard InChI is InChI=1S/C16H19N3O/c1-2-9-19(12-7-8-12)16(20)14-10-11-5-3-4-6-13(11)15(17)18-14/h3-6,10,12H,2,7-9H2,1H3,(H2,17,18). The van der Waals surface area contributed by atoms with E-state index in [4.69, 9.17) is 5.73 Å². The number of carbonyl (C=O) groups excluding carboxylic acids is 1. The fraction of sp³-hybridized carbons (Fsp3) is 0.375. The molecule has 0 bridgehead atoms. The first-order chi connectivity index (χ1) is 9.70. The van der Waals surface area contributed by atoms with E-state index in [-0.39, 0.29) is 5.91 Å². The third-order valence-corrected chi connectivity index (χ3v) is 3.70. The van der Waals surface area contributed by atoms with Crippen LogP contribution in [-0.2, 0) is 0 Å². The van der Waals surface area contributed by atoms with Crippen LogP contribution in [0.2, 0.25) is 0 Å². The summed E-state index contributed by atoms with van der Waals surface area (Å²) in [5, 5.41) is 1.87. The summed E-state index contributed by atoms with van der Waals surface area (Å²) in [5.41, 5.74) is 6.44. The predicted octanol–water partition coefficient (Wildman–Crippen LogP) is 2.83. The third kappa shape index (κ3) is 2.33. The minimum Gasteiger partial charge on any atom is -0.383 e. The zero-order valence-electron chi connectivity index (χ0n) is 11.7. The van der Waals surface area contributed by atoms with Gasteiger partial charge in [-0.25, -0.2) is 4.98 Å². The molecule has 1 saturated carbocycles. The Labute approximate surface area is 118 Å². The molecule has 0 atom stereocenters. The van der Waals surface area contributed by atoms with Crippen molar-refractivity contribution in [3.63, 3.8) is 0 Å². The number of hydrogen-bond acceptors (Lipinski definition) is 3. The van der Waals surface area contributed by atoms with Crippen molar-refractivity contribution in [2.45, 2.75) is 32.2 Å². The molecule has 1 amide bonds. The summed E-state index contributed by atoms with van der Waals surface area (Å²) in [6.07, 6.45) is 3.18. The SMILES string of the molecule is CCCN(C(=O)c1cc2ccccc2c(N)n1)C1CC1. The maximum atomic E-state index is 12.6. The summed E-state index contributed by atoms with van der Waals surface area (Å²) in [4.78, 5) is 18.9. The van der Waals surface area contributed by atoms with Crippen molar-refractivity contribution in [3.05, 3.63) is 36.0 Å². The summed E-state index contributed by atoms with van der Waals surface area (Å²) in [6.45, 7) is 2.88. The van der Waals surface area contributed by atoms with Crippen molar-refractivity contribution < 1.29 is 4.79 Å². The van der Waals surface area contributed by atoms with Crippen LogP contribution in [-0.4, -0.2) is 28.4 Å². The zero-order chi connectivity index (χ0) is 14.1. The topological polar surface area (TPSA) is 59.2 Å². The molecule has 1 heterocycles. The number of anilines is 1. The molecular formula is C16H19N3O. The molecule has 20 heavy (non-hydrogen) atoms. The highest BCUT2D eigenvalue weighted by molar-refractivity contribution is 6.00. The molecule has 1 aliphatic rings. The van der Waals surface area contributed by atoms with Gasteiger partial charge in [0, 0.05) is 18.0 Å². The molecule has 0 aliphatic heterocycles. The van der Waals surface area contributed by atoms with E-state index in [2.05, 4.69) is 11.9 Å². The van der Waals surface area contributed by atoms with Crippen LogP contribution in [0.15, 0.2) is 30.3 Å². The van der Waals surface area contributed by atoms with Crippen molar-refractivity contribution in [3.8, 4) is 0 Å². The van der Waals surface area contributed by atoms with E-state index in [0.29, 0.717) is 17.6 Å². The van der Waals surface area contributed by atoms with E-state index in [1.807, 2.05) is 35.2 Å². The lowest BCUT2D eigenvalue weighted by Gasteiger charge is -2.21. The summed E-state index contributed by atoms with van der Waals surface area (Å²) in [6, 6.07) is 10.0. The van der Waals surface area contributed by atoms with Gasteiger partial charge in [0.2, 0.25) is 0 Å². The van der Waals surface area contributed by atoms with Gasteiger partial charge >= 0.3 is 0 Å². The van der Waals surface area contributed by atoms with Gasteiger partial charge in [-0.15, -0.1) is 0 Å². The molecule has 2 aromatic rings. The molecule has 4 heteroatoms. The van der Waals surface area contributed by atoms with Crippen molar-refractivity contribution in [1.82, 2.24) is 9.88 Å². The molecule has 3 rings (SSSR count). The van der Waals surface area contributed by atoms with Crippen LogP contribution in [0.4, 0.5) is 5.82 Å². The molecule has 1 aromatic carbocycles. The highest BCUT2D eigenvalue weighted by Gasteiger charge is 2.33. The van der Waals surface area contributed by atoms with E-state index in [0.717, 1.165) is 36.6 Å². The van der Waals surface area contributed by atoms with Crippen LogP contribution in [0.5, 0.6) is 0 Å². The number of amides is 1. The van der Waals surface area contributed by atoms with E-state index >= 15 is 0 Å². The lowest BCUT2D eigenvalue weighted by molar-refractivity contribution is 0.0737. The number of nitrogens with zero attached hydrogens (tertiary/aromatic N) is 2. The average molecular weight is 269 g/mol. The maximum Gasteiger partial charge on any atom is 0.272 e. The van der Waals surface area contributed by atoms with E-state index in [1.165, 1.54) is 0 Å². The van der Waals surface area contributed by atoms with Crippen LogP contribution in [0.25, 0.3) is 10.8 Å². The molecule has 2 N–H and O–H groups in total. The van der Waals surface area contributed by atoms with Gasteiger partial charge in [-0.3, -0.25) is 4.79 Å². The van der Waals surface area contributed by atoms with E-state index < -0.39 is 0 Å². The number of benzene rings is 1. The Kier molecular flexibility index (Phi) is 3.30. The van der Waals surface area contributed by atoms with E-state index in [1.54, 1.807) is 0 Å². The first-order valence-corrected chi connectivity index (χ1v) is 7.17. The number of nitrogen functional groups attached to an aromatic ring is 1. The number of hydrogen-bond donors (Lipinski definition) is 1. The van der Waals surface area contributed by atoms with Gasteiger partial charge in [0.15, 0.2) is 0 Å². The minimum atomic E-state index is 0.00630. The second-order valence-corrected chi connectivity index (χ2v) is 5.34. The zero-order valence-corrected chi connectivity index (χ0v) is 11.7. The van der Waals surface area contributed by atoms with Gasteiger partial charge in [0.05, 0.1) is 0 Å². The second kappa shape index (κ2) is 5.12. The molecule has 1 aliphatic carbocycles.